The first kappa shape index (κ1) is 83.6. The average Bonchev–Trinajstić information content (AvgIpc) is 2.40. The third-order valence-electron chi connectivity index (χ3n) is 0.287. The fourth-order valence-electron chi connectivity index (χ4n) is 0.202. The summed E-state index contributed by atoms with van der Waals surface area (Å²) in [6.45, 7) is 18.4. The molecule has 0 bridgehead atoms. The molecule has 0 aromatic heterocycles. The van der Waals surface area contributed by atoms with Crippen molar-refractivity contribution in [2.45, 2.75) is 106 Å². The Morgan fingerprint density at radius 2 is 0.636 bits per heavy atom. The number of hydrogen-bond acceptors (Lipinski definition) is 4. The van der Waals surface area contributed by atoms with Gasteiger partial charge in [-0.05, 0) is 7.05 Å². The zero-order valence-electron chi connectivity index (χ0n) is 13.8. The molecule has 0 aliphatic heterocycles. The second-order valence-electron chi connectivity index (χ2n) is 1.09. The summed E-state index contributed by atoms with van der Waals surface area (Å²) >= 11 is 0. The van der Waals surface area contributed by atoms with Gasteiger partial charge in [-0.15, -0.1) is 0 Å². The Labute approximate surface area is 146 Å². The van der Waals surface area contributed by atoms with Crippen LogP contribution in [0.4, 0.5) is 0 Å². The van der Waals surface area contributed by atoms with Crippen LogP contribution in [-0.4, -0.2) is 19.0 Å². The molecule has 0 aromatic carbocycles. The molecule has 0 radical (unpaired) electrons. The molecule has 0 aromatic rings. The molecule has 22 heavy (non-hydrogen) atoms. The Bertz CT molecular complexity index is 94.5. The molecular weight excluding hydrogens is 278 g/mol. The van der Waals surface area contributed by atoms with Crippen LogP contribution in [0.1, 0.15) is 106 Å². The topological polar surface area (TPSA) is 69.4 Å². The number of hydrogen-bond donors (Lipinski definition) is 1. The SMILES string of the molecule is C.C.C.C.C.CC.CC.CC.CC.CC(=O)OC(C)=O.CN. The maximum absolute atomic E-state index is 9.81. The number of rotatable bonds is 0. The second-order valence-corrected chi connectivity index (χ2v) is 1.09. The maximum atomic E-state index is 9.81. The number of ether oxygens (including phenoxy) is 1. The molecule has 0 atom stereocenters. The van der Waals surface area contributed by atoms with Crippen LogP contribution in [0, 0.1) is 0 Å². The molecule has 0 amide bonds. The standard InChI is InChI=1S/C4H6O3.4C2H6.CH5N.5CH4/c1-3(5)7-4(2)6;5*1-2;;;;;/h1-2H3;4*1-2H3;2H2,1H3;5*1H4. The Hall–Kier alpha value is -0.900. The van der Waals surface area contributed by atoms with E-state index in [-0.39, 0.29) is 37.1 Å². The summed E-state index contributed by atoms with van der Waals surface area (Å²) in [5.74, 6) is -1.12. The molecule has 0 saturated carbocycles. The van der Waals surface area contributed by atoms with Crippen molar-refractivity contribution in [2.75, 3.05) is 7.05 Å². The van der Waals surface area contributed by atoms with E-state index < -0.39 is 11.9 Å². The van der Waals surface area contributed by atoms with Crippen LogP contribution in [0.3, 0.4) is 0 Å². The van der Waals surface area contributed by atoms with E-state index in [1.807, 2.05) is 55.4 Å². The van der Waals surface area contributed by atoms with Crippen LogP contribution in [0.15, 0.2) is 0 Å². The molecule has 0 fully saturated rings. The highest BCUT2D eigenvalue weighted by molar-refractivity contribution is 5.82. The van der Waals surface area contributed by atoms with Gasteiger partial charge in [0.25, 0.3) is 0 Å². The van der Waals surface area contributed by atoms with Crippen molar-refractivity contribution < 1.29 is 14.3 Å². The lowest BCUT2D eigenvalue weighted by Crippen LogP contribution is -2.03. The zero-order valence-corrected chi connectivity index (χ0v) is 13.8. The highest BCUT2D eigenvalue weighted by Crippen LogP contribution is 1.73. The Balaban J connectivity index is -0.00000000794. The van der Waals surface area contributed by atoms with Crippen molar-refractivity contribution in [3.63, 3.8) is 0 Å². The van der Waals surface area contributed by atoms with Crippen molar-refractivity contribution >= 4 is 11.9 Å². The highest BCUT2D eigenvalue weighted by atomic mass is 16.6. The monoisotopic (exact) mass is 333 g/mol. The van der Waals surface area contributed by atoms with Gasteiger partial charge >= 0.3 is 11.9 Å². The normalized spacial score (nSPS) is 3.82. The number of carbonyl (C=O) groups is 2. The van der Waals surface area contributed by atoms with Gasteiger partial charge in [-0.25, -0.2) is 0 Å². The summed E-state index contributed by atoms with van der Waals surface area (Å²) in [6, 6.07) is 0. The fraction of sp³-hybridized carbons (Fsp3) is 0.889. The minimum atomic E-state index is -0.562. The van der Waals surface area contributed by atoms with Crippen molar-refractivity contribution in [3.05, 3.63) is 0 Å². The number of nitrogens with two attached hydrogens (primary N) is 1. The largest absolute Gasteiger partial charge is 0.394 e. The summed E-state index contributed by atoms with van der Waals surface area (Å²) in [4.78, 5) is 19.6. The molecular formula is C18H55NO3. The smallest absolute Gasteiger partial charge is 0.310 e. The first-order chi connectivity index (χ1) is 8.13. The highest BCUT2D eigenvalue weighted by Gasteiger charge is 1.93. The van der Waals surface area contributed by atoms with Gasteiger partial charge in [-0.2, -0.15) is 0 Å². The minimum absolute atomic E-state index is 0. The number of esters is 2. The van der Waals surface area contributed by atoms with Crippen molar-refractivity contribution in [1.29, 1.82) is 0 Å². The summed E-state index contributed by atoms with van der Waals surface area (Å²) in [7, 11) is 1.50. The molecule has 0 aliphatic rings. The molecule has 0 unspecified atom stereocenters. The van der Waals surface area contributed by atoms with Crippen LogP contribution in [0.25, 0.3) is 0 Å². The molecule has 0 rings (SSSR count). The van der Waals surface area contributed by atoms with Crippen LogP contribution in [0.2, 0.25) is 0 Å². The Morgan fingerprint density at radius 3 is 0.636 bits per heavy atom. The molecule has 2 N–H and O–H groups in total. The van der Waals surface area contributed by atoms with Crippen LogP contribution in [-0.2, 0) is 14.3 Å². The van der Waals surface area contributed by atoms with Crippen molar-refractivity contribution in [1.82, 2.24) is 0 Å². The summed E-state index contributed by atoms with van der Waals surface area (Å²) in [5, 5.41) is 0. The third kappa shape index (κ3) is 651. The second kappa shape index (κ2) is 197. The Kier molecular flexibility index (Phi) is 749. The van der Waals surface area contributed by atoms with Gasteiger partial charge in [0.1, 0.15) is 0 Å². The summed E-state index contributed by atoms with van der Waals surface area (Å²) in [6.07, 6.45) is 0. The molecule has 0 spiro atoms. The minimum Gasteiger partial charge on any atom is -0.394 e. The molecule has 4 heteroatoms. The van der Waals surface area contributed by atoms with Gasteiger partial charge in [0, 0.05) is 13.8 Å². The lowest BCUT2D eigenvalue weighted by molar-refractivity contribution is -0.156. The molecule has 4 nitrogen and oxygen atoms in total. The van der Waals surface area contributed by atoms with Crippen molar-refractivity contribution in [2.24, 2.45) is 5.73 Å². The third-order valence-corrected chi connectivity index (χ3v) is 0.287. The van der Waals surface area contributed by atoms with Gasteiger partial charge in [0.2, 0.25) is 0 Å². The maximum Gasteiger partial charge on any atom is 0.310 e. The van der Waals surface area contributed by atoms with E-state index in [0.29, 0.717) is 0 Å². The first-order valence-corrected chi connectivity index (χ1v) is 6.39. The predicted octanol–water partition coefficient (Wildman–Crippen LogP) is 6.96. The van der Waals surface area contributed by atoms with Gasteiger partial charge in [-0.1, -0.05) is 92.5 Å². The molecule has 150 valence electrons. The van der Waals surface area contributed by atoms with E-state index >= 15 is 0 Å². The van der Waals surface area contributed by atoms with Gasteiger partial charge in [0.05, 0.1) is 0 Å². The molecule has 0 saturated heterocycles. The predicted molar refractivity (Wildman–Crippen MR) is 112 cm³/mol. The van der Waals surface area contributed by atoms with Crippen LogP contribution >= 0.6 is 0 Å². The Morgan fingerprint density at radius 1 is 0.545 bits per heavy atom. The van der Waals surface area contributed by atoms with E-state index in [1.54, 1.807) is 0 Å². The molecule has 0 heterocycles. The van der Waals surface area contributed by atoms with Gasteiger partial charge < -0.3 is 10.5 Å². The van der Waals surface area contributed by atoms with E-state index in [2.05, 4.69) is 10.5 Å². The quantitative estimate of drug-likeness (QED) is 0.384. The lowest BCUT2D eigenvalue weighted by Gasteiger charge is -1.87. The van der Waals surface area contributed by atoms with Crippen LogP contribution < -0.4 is 5.73 Å². The average molecular weight is 334 g/mol. The van der Waals surface area contributed by atoms with Gasteiger partial charge in [0.15, 0.2) is 0 Å². The van der Waals surface area contributed by atoms with Gasteiger partial charge in [-0.3, -0.25) is 9.59 Å². The lowest BCUT2D eigenvalue weighted by atomic mass is 10.7. The zero-order chi connectivity index (χ0) is 15.9. The van der Waals surface area contributed by atoms with E-state index in [0.717, 1.165) is 0 Å². The molecule has 0 aliphatic carbocycles. The summed E-state index contributed by atoms with van der Waals surface area (Å²) < 4.78 is 3.97. The van der Waals surface area contributed by atoms with Crippen molar-refractivity contribution in [3.8, 4) is 0 Å². The summed E-state index contributed by atoms with van der Waals surface area (Å²) in [5.41, 5.74) is 4.50. The van der Waals surface area contributed by atoms with E-state index in [9.17, 15) is 9.59 Å². The van der Waals surface area contributed by atoms with E-state index in [1.165, 1.54) is 20.9 Å². The van der Waals surface area contributed by atoms with Crippen LogP contribution in [0.5, 0.6) is 0 Å². The first-order valence-electron chi connectivity index (χ1n) is 6.39. The van der Waals surface area contributed by atoms with E-state index in [4.69, 9.17) is 0 Å². The fourth-order valence-corrected chi connectivity index (χ4v) is 0.202. The number of carbonyl (C=O) groups excluding carboxylic acids is 2.